The van der Waals surface area contributed by atoms with Crippen molar-refractivity contribution in [1.82, 2.24) is 4.98 Å². The molecule has 6 heteroatoms. The van der Waals surface area contributed by atoms with Gasteiger partial charge in [0.1, 0.15) is 5.01 Å². The fourth-order valence-electron chi connectivity index (χ4n) is 2.25. The van der Waals surface area contributed by atoms with Crippen LogP contribution in [0, 0.1) is 0 Å². The Morgan fingerprint density at radius 3 is 2.30 bits per heavy atom. The van der Waals surface area contributed by atoms with Gasteiger partial charge >= 0.3 is 0 Å². The topological polar surface area (TPSA) is 73.0 Å². The quantitative estimate of drug-likeness (QED) is 0.771. The van der Waals surface area contributed by atoms with Crippen LogP contribution in [0.5, 0.6) is 0 Å². The Kier molecular flexibility index (Phi) is 4.56. The molecule has 23 heavy (non-hydrogen) atoms. The van der Waals surface area contributed by atoms with E-state index in [9.17, 15) is 8.42 Å². The zero-order chi connectivity index (χ0) is 16.3. The number of nitrogens with two attached hydrogens (primary N) is 1. The van der Waals surface area contributed by atoms with Crippen molar-refractivity contribution >= 4 is 21.2 Å². The van der Waals surface area contributed by atoms with Gasteiger partial charge in [0.25, 0.3) is 0 Å². The van der Waals surface area contributed by atoms with Gasteiger partial charge in [-0.3, -0.25) is 0 Å². The van der Waals surface area contributed by atoms with Crippen molar-refractivity contribution < 1.29 is 8.42 Å². The predicted octanol–water partition coefficient (Wildman–Crippen LogP) is 3.24. The summed E-state index contributed by atoms with van der Waals surface area (Å²) in [6.07, 6.45) is 0. The van der Waals surface area contributed by atoms with Crippen LogP contribution in [0.3, 0.4) is 0 Å². The van der Waals surface area contributed by atoms with E-state index in [-0.39, 0.29) is 5.75 Å². The van der Waals surface area contributed by atoms with Gasteiger partial charge in [-0.1, -0.05) is 42.5 Å². The van der Waals surface area contributed by atoms with E-state index in [0.717, 1.165) is 21.8 Å². The van der Waals surface area contributed by atoms with Crippen LogP contribution in [-0.4, -0.2) is 13.4 Å². The van der Waals surface area contributed by atoms with Gasteiger partial charge in [0.2, 0.25) is 0 Å². The monoisotopic (exact) mass is 344 g/mol. The van der Waals surface area contributed by atoms with Gasteiger partial charge < -0.3 is 5.73 Å². The van der Waals surface area contributed by atoms with E-state index in [2.05, 4.69) is 4.98 Å². The van der Waals surface area contributed by atoms with Gasteiger partial charge in [0, 0.05) is 17.5 Å². The number of hydrogen-bond acceptors (Lipinski definition) is 5. The minimum Gasteiger partial charge on any atom is -0.325 e. The number of sulfone groups is 1. The van der Waals surface area contributed by atoms with Crippen LogP contribution in [0.25, 0.3) is 11.3 Å². The summed E-state index contributed by atoms with van der Waals surface area (Å²) in [6, 6.07) is 16.0. The van der Waals surface area contributed by atoms with Crippen molar-refractivity contribution in [3.63, 3.8) is 0 Å². The lowest BCUT2D eigenvalue weighted by atomic mass is 10.2. The molecule has 2 N–H and O–H groups in total. The smallest absolute Gasteiger partial charge is 0.182 e. The van der Waals surface area contributed by atoms with Gasteiger partial charge in [-0.25, -0.2) is 13.4 Å². The average molecular weight is 344 g/mol. The lowest BCUT2D eigenvalue weighted by Gasteiger charge is -2.05. The fraction of sp³-hybridized carbons (Fsp3) is 0.118. The molecule has 1 heterocycles. The Morgan fingerprint density at radius 1 is 1.00 bits per heavy atom. The average Bonchev–Trinajstić information content (AvgIpc) is 3.05. The molecule has 3 rings (SSSR count). The largest absolute Gasteiger partial charge is 0.325 e. The lowest BCUT2D eigenvalue weighted by Crippen LogP contribution is -2.04. The van der Waals surface area contributed by atoms with Crippen LogP contribution >= 0.6 is 11.3 Å². The van der Waals surface area contributed by atoms with Gasteiger partial charge in [-0.15, -0.1) is 11.3 Å². The summed E-state index contributed by atoms with van der Waals surface area (Å²) >= 11 is 1.50. The number of hydrogen-bond donors (Lipinski definition) is 1. The Morgan fingerprint density at radius 2 is 1.70 bits per heavy atom. The van der Waals surface area contributed by atoms with Crippen LogP contribution < -0.4 is 5.73 Å². The number of benzene rings is 2. The molecule has 4 nitrogen and oxygen atoms in total. The van der Waals surface area contributed by atoms with Crippen LogP contribution in [0.4, 0.5) is 0 Å². The third-order valence-corrected chi connectivity index (χ3v) is 6.01. The first kappa shape index (κ1) is 15.9. The first-order valence-corrected chi connectivity index (χ1v) is 9.63. The van der Waals surface area contributed by atoms with Gasteiger partial charge in [-0.2, -0.15) is 0 Å². The van der Waals surface area contributed by atoms with E-state index in [1.165, 1.54) is 11.3 Å². The first-order valence-electron chi connectivity index (χ1n) is 7.10. The third kappa shape index (κ3) is 3.67. The van der Waals surface area contributed by atoms with Crippen molar-refractivity contribution in [2.45, 2.75) is 17.2 Å². The molecule has 0 aliphatic rings. The zero-order valence-corrected chi connectivity index (χ0v) is 14.0. The number of aromatic nitrogens is 1. The highest BCUT2D eigenvalue weighted by Crippen LogP contribution is 2.24. The van der Waals surface area contributed by atoms with Gasteiger partial charge in [0.05, 0.1) is 16.3 Å². The van der Waals surface area contributed by atoms with Crippen molar-refractivity contribution in [3.05, 3.63) is 70.5 Å². The normalized spacial score (nSPS) is 11.5. The molecule has 0 aliphatic heterocycles. The fourth-order valence-corrected chi connectivity index (χ4v) is 4.28. The highest BCUT2D eigenvalue weighted by molar-refractivity contribution is 7.90. The summed E-state index contributed by atoms with van der Waals surface area (Å²) in [6.45, 7) is 0.411. The van der Waals surface area contributed by atoms with Gasteiger partial charge in [0.15, 0.2) is 9.84 Å². The second-order valence-electron chi connectivity index (χ2n) is 5.10. The van der Waals surface area contributed by atoms with E-state index in [1.54, 1.807) is 24.3 Å². The molecular formula is C17H16N2O2S2. The molecule has 0 amide bonds. The second kappa shape index (κ2) is 6.62. The third-order valence-electron chi connectivity index (χ3n) is 3.44. The summed E-state index contributed by atoms with van der Waals surface area (Å²) in [7, 11) is -3.35. The zero-order valence-electron chi connectivity index (χ0n) is 12.3. The molecule has 0 unspecified atom stereocenters. The lowest BCUT2D eigenvalue weighted by molar-refractivity contribution is 0.595. The summed E-state index contributed by atoms with van der Waals surface area (Å²) in [5.41, 5.74) is 8.06. The molecule has 0 saturated heterocycles. The summed E-state index contributed by atoms with van der Waals surface area (Å²) in [4.78, 5) is 4.72. The SMILES string of the molecule is NCc1nc(-c2ccc(S(=O)(=O)Cc3ccccc3)cc2)cs1. The number of thiazole rings is 1. The van der Waals surface area contributed by atoms with E-state index < -0.39 is 9.84 Å². The Balaban J connectivity index is 1.83. The molecule has 0 bridgehead atoms. The summed E-state index contributed by atoms with van der Waals surface area (Å²) < 4.78 is 24.9. The molecule has 0 radical (unpaired) electrons. The Labute approximate surface area is 139 Å². The maximum absolute atomic E-state index is 12.5. The van der Waals surface area contributed by atoms with Crippen LogP contribution in [0.1, 0.15) is 10.6 Å². The van der Waals surface area contributed by atoms with Crippen LogP contribution in [-0.2, 0) is 22.1 Å². The Bertz CT molecular complexity index is 886. The first-order chi connectivity index (χ1) is 11.1. The molecule has 118 valence electrons. The summed E-state index contributed by atoms with van der Waals surface area (Å²) in [5, 5.41) is 2.79. The molecule has 0 aliphatic carbocycles. The maximum Gasteiger partial charge on any atom is 0.182 e. The van der Waals surface area contributed by atoms with E-state index in [1.807, 2.05) is 35.7 Å². The highest BCUT2D eigenvalue weighted by atomic mass is 32.2. The molecule has 0 spiro atoms. The van der Waals surface area contributed by atoms with E-state index in [4.69, 9.17) is 5.73 Å². The van der Waals surface area contributed by atoms with Crippen molar-refractivity contribution in [3.8, 4) is 11.3 Å². The minimum absolute atomic E-state index is 0.00120. The molecule has 0 saturated carbocycles. The number of nitrogens with zero attached hydrogens (tertiary/aromatic N) is 1. The van der Waals surface area contributed by atoms with Crippen molar-refractivity contribution in [2.24, 2.45) is 5.73 Å². The minimum atomic E-state index is -3.35. The molecule has 0 atom stereocenters. The standard InChI is InChI=1S/C17H16N2O2S2/c18-10-17-19-16(11-22-17)14-6-8-15(9-7-14)23(20,21)12-13-4-2-1-3-5-13/h1-9,11H,10,12,18H2. The predicted molar refractivity (Wildman–Crippen MR) is 92.8 cm³/mol. The molecule has 0 fully saturated rings. The molecular weight excluding hydrogens is 328 g/mol. The summed E-state index contributed by atoms with van der Waals surface area (Å²) in [5.74, 6) is 0.00120. The van der Waals surface area contributed by atoms with Crippen LogP contribution in [0.15, 0.2) is 64.9 Å². The highest BCUT2D eigenvalue weighted by Gasteiger charge is 2.15. The van der Waals surface area contributed by atoms with E-state index >= 15 is 0 Å². The van der Waals surface area contributed by atoms with Gasteiger partial charge in [-0.05, 0) is 17.7 Å². The van der Waals surface area contributed by atoms with E-state index in [0.29, 0.717) is 11.4 Å². The molecule has 1 aromatic heterocycles. The maximum atomic E-state index is 12.5. The van der Waals surface area contributed by atoms with Crippen molar-refractivity contribution in [1.29, 1.82) is 0 Å². The van der Waals surface area contributed by atoms with Crippen molar-refractivity contribution in [2.75, 3.05) is 0 Å². The van der Waals surface area contributed by atoms with Crippen LogP contribution in [0.2, 0.25) is 0 Å². The molecule has 3 aromatic rings. The molecule has 2 aromatic carbocycles. The number of rotatable bonds is 5. The Hall–Kier alpha value is -2.02. The second-order valence-corrected chi connectivity index (χ2v) is 8.03.